The Morgan fingerprint density at radius 1 is 1.44 bits per heavy atom. The first kappa shape index (κ1) is 14.4. The van der Waals surface area contributed by atoms with Gasteiger partial charge in [-0.2, -0.15) is 0 Å². The van der Waals surface area contributed by atoms with Gasteiger partial charge in [-0.3, -0.25) is 5.41 Å². The van der Waals surface area contributed by atoms with Crippen molar-refractivity contribution in [1.82, 2.24) is 9.97 Å². The lowest BCUT2D eigenvalue weighted by atomic mass is 10.2. The van der Waals surface area contributed by atoms with Crippen LogP contribution in [0.25, 0.3) is 0 Å². The number of rotatable bonds is 7. The Bertz CT molecular complexity index is 389. The summed E-state index contributed by atoms with van der Waals surface area (Å²) in [4.78, 5) is 10.7. The molecule has 3 N–H and O–H groups in total. The minimum absolute atomic E-state index is 0.212. The molecule has 1 aromatic heterocycles. The number of anilines is 1. The third-order valence-corrected chi connectivity index (χ3v) is 2.76. The smallest absolute Gasteiger partial charge is 0.132 e. The lowest BCUT2D eigenvalue weighted by molar-refractivity contribution is 0.676. The topological polar surface area (TPSA) is 78.9 Å². The Kier molecular flexibility index (Phi) is 5.55. The second kappa shape index (κ2) is 6.93. The van der Waals surface area contributed by atoms with Crippen LogP contribution in [0.15, 0.2) is 12.4 Å². The van der Waals surface area contributed by atoms with Gasteiger partial charge in [-0.25, -0.2) is 9.97 Å². The molecule has 0 aliphatic rings. The van der Waals surface area contributed by atoms with E-state index in [0.29, 0.717) is 12.5 Å². The second-order valence-corrected chi connectivity index (χ2v) is 4.68. The first-order chi connectivity index (χ1) is 8.54. The van der Waals surface area contributed by atoms with Gasteiger partial charge in [0.25, 0.3) is 0 Å². The summed E-state index contributed by atoms with van der Waals surface area (Å²) >= 11 is 0. The number of nitrogens with one attached hydrogen (secondary N) is 1. The molecular weight excluding hydrogens is 226 g/mol. The molecule has 0 aliphatic carbocycles. The lowest BCUT2D eigenvalue weighted by Gasteiger charge is -2.27. The highest BCUT2D eigenvalue weighted by molar-refractivity contribution is 5.77. The summed E-state index contributed by atoms with van der Waals surface area (Å²) in [6.07, 6.45) is 4.22. The number of amidine groups is 1. The molecule has 1 rings (SSSR count). The molecule has 0 fully saturated rings. The quantitative estimate of drug-likeness (QED) is 0.572. The van der Waals surface area contributed by atoms with Gasteiger partial charge in [0, 0.05) is 30.8 Å². The Labute approximate surface area is 109 Å². The molecule has 5 nitrogen and oxygen atoms in total. The van der Waals surface area contributed by atoms with Crippen LogP contribution in [0.5, 0.6) is 0 Å². The van der Waals surface area contributed by atoms with Gasteiger partial charge < -0.3 is 10.6 Å². The van der Waals surface area contributed by atoms with Crippen LogP contribution in [-0.4, -0.2) is 28.4 Å². The second-order valence-electron chi connectivity index (χ2n) is 4.68. The summed E-state index contributed by atoms with van der Waals surface area (Å²) in [6, 6.07) is 2.36. The third-order valence-electron chi connectivity index (χ3n) is 2.76. The van der Waals surface area contributed by atoms with Crippen molar-refractivity contribution in [3.63, 3.8) is 0 Å². The van der Waals surface area contributed by atoms with Gasteiger partial charge in [0.15, 0.2) is 0 Å². The van der Waals surface area contributed by atoms with Gasteiger partial charge >= 0.3 is 0 Å². The van der Waals surface area contributed by atoms with Crippen molar-refractivity contribution in [2.45, 2.75) is 46.1 Å². The normalized spacial score (nSPS) is 10.7. The molecule has 5 heteroatoms. The largest absolute Gasteiger partial charge is 0.388 e. The number of hydrogen-bond acceptors (Lipinski definition) is 4. The summed E-state index contributed by atoms with van der Waals surface area (Å²) in [5.41, 5.74) is 6.49. The molecule has 0 aliphatic heterocycles. The van der Waals surface area contributed by atoms with E-state index in [-0.39, 0.29) is 5.84 Å². The van der Waals surface area contributed by atoms with Crippen LogP contribution in [0.4, 0.5) is 5.82 Å². The zero-order valence-corrected chi connectivity index (χ0v) is 11.5. The van der Waals surface area contributed by atoms with Crippen LogP contribution >= 0.6 is 0 Å². The molecular formula is C13H23N5. The van der Waals surface area contributed by atoms with Gasteiger partial charge in [-0.15, -0.1) is 0 Å². The van der Waals surface area contributed by atoms with Crippen molar-refractivity contribution in [3.05, 3.63) is 18.1 Å². The fraction of sp³-hybridized carbons (Fsp3) is 0.615. The molecule has 0 unspecified atom stereocenters. The minimum Gasteiger partial charge on any atom is -0.388 e. The molecule has 1 heterocycles. The van der Waals surface area contributed by atoms with E-state index in [4.69, 9.17) is 11.1 Å². The van der Waals surface area contributed by atoms with Gasteiger partial charge in [-0.05, 0) is 20.3 Å². The summed E-state index contributed by atoms with van der Waals surface area (Å²) in [5.74, 6) is 1.13. The monoisotopic (exact) mass is 249 g/mol. The number of aromatic nitrogens is 2. The maximum Gasteiger partial charge on any atom is 0.132 e. The van der Waals surface area contributed by atoms with Gasteiger partial charge in [0.2, 0.25) is 0 Å². The highest BCUT2D eigenvalue weighted by Gasteiger charge is 2.12. The highest BCUT2D eigenvalue weighted by Crippen LogP contribution is 2.15. The fourth-order valence-corrected chi connectivity index (χ4v) is 1.81. The Morgan fingerprint density at radius 3 is 2.72 bits per heavy atom. The fourth-order valence-electron chi connectivity index (χ4n) is 1.81. The van der Waals surface area contributed by atoms with Crippen molar-refractivity contribution in [1.29, 1.82) is 5.41 Å². The summed E-state index contributed by atoms with van der Waals surface area (Å²) in [6.45, 7) is 7.08. The van der Waals surface area contributed by atoms with Crippen molar-refractivity contribution in [2.75, 3.05) is 11.4 Å². The first-order valence-corrected chi connectivity index (χ1v) is 6.45. The standard InChI is InChI=1S/C13H23N5/c1-4-5-11-8-13(17-9-16-11)18(10(2)3)7-6-12(14)15/h8-10H,4-7H2,1-3H3,(H3,14,15). The summed E-state index contributed by atoms with van der Waals surface area (Å²) in [7, 11) is 0. The number of hydrogen-bond donors (Lipinski definition) is 2. The number of aryl methyl sites for hydroxylation is 1. The average molecular weight is 249 g/mol. The molecule has 0 radical (unpaired) electrons. The maximum absolute atomic E-state index is 7.32. The zero-order chi connectivity index (χ0) is 13.5. The predicted octanol–water partition coefficient (Wildman–Crippen LogP) is 1.97. The molecule has 0 atom stereocenters. The third kappa shape index (κ3) is 4.31. The molecule has 100 valence electrons. The van der Waals surface area contributed by atoms with E-state index in [1.54, 1.807) is 6.33 Å². The molecule has 18 heavy (non-hydrogen) atoms. The van der Waals surface area contributed by atoms with Crippen LogP contribution in [-0.2, 0) is 6.42 Å². The van der Waals surface area contributed by atoms with Gasteiger partial charge in [0.1, 0.15) is 12.1 Å². The van der Waals surface area contributed by atoms with E-state index in [1.165, 1.54) is 0 Å². The zero-order valence-electron chi connectivity index (χ0n) is 11.5. The lowest BCUT2D eigenvalue weighted by Crippen LogP contribution is -2.34. The van der Waals surface area contributed by atoms with E-state index in [0.717, 1.165) is 30.9 Å². The van der Waals surface area contributed by atoms with Crippen molar-refractivity contribution in [3.8, 4) is 0 Å². The SMILES string of the molecule is CCCc1cc(N(CCC(=N)N)C(C)C)ncn1. The van der Waals surface area contributed by atoms with Crippen LogP contribution < -0.4 is 10.6 Å². The number of nitrogens with two attached hydrogens (primary N) is 1. The van der Waals surface area contributed by atoms with E-state index in [2.05, 4.69) is 35.6 Å². The van der Waals surface area contributed by atoms with Gasteiger partial charge in [-0.1, -0.05) is 13.3 Å². The summed E-state index contributed by atoms with van der Waals surface area (Å²) < 4.78 is 0. The van der Waals surface area contributed by atoms with Gasteiger partial charge in [0.05, 0.1) is 5.84 Å². The van der Waals surface area contributed by atoms with E-state index in [9.17, 15) is 0 Å². The van der Waals surface area contributed by atoms with Crippen LogP contribution in [0.1, 0.15) is 39.3 Å². The first-order valence-electron chi connectivity index (χ1n) is 6.45. The molecule has 1 aromatic rings. The molecule has 0 saturated heterocycles. The Balaban J connectivity index is 2.84. The Hall–Kier alpha value is -1.65. The van der Waals surface area contributed by atoms with Crippen molar-refractivity contribution in [2.24, 2.45) is 5.73 Å². The maximum atomic E-state index is 7.32. The molecule has 0 spiro atoms. The van der Waals surface area contributed by atoms with E-state index in [1.807, 2.05) is 6.07 Å². The van der Waals surface area contributed by atoms with E-state index >= 15 is 0 Å². The van der Waals surface area contributed by atoms with Crippen LogP contribution in [0, 0.1) is 5.41 Å². The molecule has 0 amide bonds. The van der Waals surface area contributed by atoms with Crippen molar-refractivity contribution >= 4 is 11.7 Å². The minimum atomic E-state index is 0.212. The molecule has 0 saturated carbocycles. The van der Waals surface area contributed by atoms with Crippen LogP contribution in [0.2, 0.25) is 0 Å². The molecule has 0 bridgehead atoms. The van der Waals surface area contributed by atoms with Crippen molar-refractivity contribution < 1.29 is 0 Å². The Morgan fingerprint density at radius 2 is 2.17 bits per heavy atom. The highest BCUT2D eigenvalue weighted by atomic mass is 15.2. The summed E-state index contributed by atoms with van der Waals surface area (Å²) in [5, 5.41) is 7.32. The number of nitrogens with zero attached hydrogens (tertiary/aromatic N) is 3. The predicted molar refractivity (Wildman–Crippen MR) is 75.0 cm³/mol. The average Bonchev–Trinajstić information content (AvgIpc) is 2.29. The van der Waals surface area contributed by atoms with Crippen LogP contribution in [0.3, 0.4) is 0 Å². The molecule has 0 aromatic carbocycles. The van der Waals surface area contributed by atoms with E-state index < -0.39 is 0 Å².